The lowest BCUT2D eigenvalue weighted by atomic mass is 10.3. The second-order valence-corrected chi connectivity index (χ2v) is 5.71. The fourth-order valence-corrected chi connectivity index (χ4v) is 3.16. The van der Waals surface area contributed by atoms with Crippen LogP contribution in [0.1, 0.15) is 4.88 Å². The van der Waals surface area contributed by atoms with Gasteiger partial charge >= 0.3 is 0 Å². The van der Waals surface area contributed by atoms with Gasteiger partial charge in [0, 0.05) is 49.5 Å². The van der Waals surface area contributed by atoms with Crippen LogP contribution in [0.15, 0.2) is 17.5 Å². The summed E-state index contributed by atoms with van der Waals surface area (Å²) in [4.78, 5) is 6.57. The molecule has 15 heavy (non-hydrogen) atoms. The van der Waals surface area contributed by atoms with Crippen molar-refractivity contribution in [3.63, 3.8) is 0 Å². The normalized spacial score (nSPS) is 19.5. The SMILES string of the molecule is BrCCN1CCN(Cc2cccs2)CC1. The Morgan fingerprint density at radius 3 is 2.53 bits per heavy atom. The molecule has 4 heteroatoms. The first-order chi connectivity index (χ1) is 7.38. The Morgan fingerprint density at radius 1 is 1.20 bits per heavy atom. The summed E-state index contributed by atoms with van der Waals surface area (Å²) in [5.74, 6) is 0. The summed E-state index contributed by atoms with van der Waals surface area (Å²) in [6.07, 6.45) is 0. The van der Waals surface area contributed by atoms with E-state index in [2.05, 4.69) is 43.2 Å². The Hall–Kier alpha value is 0.100. The van der Waals surface area contributed by atoms with Crippen LogP contribution in [0.3, 0.4) is 0 Å². The Labute approximate surface area is 104 Å². The molecule has 0 atom stereocenters. The summed E-state index contributed by atoms with van der Waals surface area (Å²) in [5, 5.41) is 3.26. The molecule has 0 radical (unpaired) electrons. The van der Waals surface area contributed by atoms with Crippen LogP contribution in [-0.4, -0.2) is 47.9 Å². The molecule has 1 aliphatic heterocycles. The molecule has 1 aromatic rings. The van der Waals surface area contributed by atoms with Gasteiger partial charge in [-0.05, 0) is 11.4 Å². The number of hydrogen-bond acceptors (Lipinski definition) is 3. The Bertz CT molecular complexity index is 268. The smallest absolute Gasteiger partial charge is 0.0328 e. The predicted molar refractivity (Wildman–Crippen MR) is 69.8 cm³/mol. The Kier molecular flexibility index (Phi) is 4.62. The van der Waals surface area contributed by atoms with Gasteiger partial charge in [0.2, 0.25) is 0 Å². The van der Waals surface area contributed by atoms with E-state index in [1.807, 2.05) is 11.3 Å². The van der Waals surface area contributed by atoms with Crippen molar-refractivity contribution in [2.75, 3.05) is 38.1 Å². The van der Waals surface area contributed by atoms with Crippen LogP contribution >= 0.6 is 27.3 Å². The van der Waals surface area contributed by atoms with Crippen LogP contribution in [0.4, 0.5) is 0 Å². The molecule has 1 aliphatic rings. The zero-order valence-corrected chi connectivity index (χ0v) is 11.3. The molecular weight excluding hydrogens is 272 g/mol. The van der Waals surface area contributed by atoms with Crippen molar-refractivity contribution in [2.45, 2.75) is 6.54 Å². The molecule has 0 aromatic carbocycles. The van der Waals surface area contributed by atoms with E-state index in [0.717, 1.165) is 11.9 Å². The summed E-state index contributed by atoms with van der Waals surface area (Å²) in [5.41, 5.74) is 0. The molecule has 84 valence electrons. The number of thiophene rings is 1. The van der Waals surface area contributed by atoms with Gasteiger partial charge in [0.05, 0.1) is 0 Å². The third-order valence-corrected chi connectivity index (χ3v) is 4.04. The number of hydrogen-bond donors (Lipinski definition) is 0. The third-order valence-electron chi connectivity index (χ3n) is 2.83. The van der Waals surface area contributed by atoms with E-state index in [0.29, 0.717) is 0 Å². The number of piperazine rings is 1. The molecule has 2 nitrogen and oxygen atoms in total. The highest BCUT2D eigenvalue weighted by Gasteiger charge is 2.16. The average molecular weight is 289 g/mol. The van der Waals surface area contributed by atoms with Crippen LogP contribution in [0.25, 0.3) is 0 Å². The van der Waals surface area contributed by atoms with E-state index in [1.165, 1.54) is 37.6 Å². The molecule has 0 unspecified atom stereocenters. The number of nitrogens with zero attached hydrogens (tertiary/aromatic N) is 2. The van der Waals surface area contributed by atoms with Gasteiger partial charge in [0.15, 0.2) is 0 Å². The number of alkyl halides is 1. The highest BCUT2D eigenvalue weighted by Crippen LogP contribution is 2.13. The molecule has 1 saturated heterocycles. The molecule has 2 heterocycles. The molecule has 0 aliphatic carbocycles. The number of halogens is 1. The van der Waals surface area contributed by atoms with Crippen LogP contribution < -0.4 is 0 Å². The van der Waals surface area contributed by atoms with Crippen molar-refractivity contribution in [1.29, 1.82) is 0 Å². The van der Waals surface area contributed by atoms with Crippen LogP contribution in [0, 0.1) is 0 Å². The van der Waals surface area contributed by atoms with Crippen molar-refractivity contribution >= 4 is 27.3 Å². The lowest BCUT2D eigenvalue weighted by Gasteiger charge is -2.34. The Balaban J connectivity index is 1.74. The van der Waals surface area contributed by atoms with E-state index in [1.54, 1.807) is 0 Å². The molecule has 2 rings (SSSR count). The van der Waals surface area contributed by atoms with Crippen LogP contribution in [0.2, 0.25) is 0 Å². The van der Waals surface area contributed by atoms with Crippen molar-refractivity contribution in [2.24, 2.45) is 0 Å². The summed E-state index contributed by atoms with van der Waals surface area (Å²) in [6.45, 7) is 7.19. The first kappa shape index (κ1) is 11.6. The highest BCUT2D eigenvalue weighted by molar-refractivity contribution is 9.09. The van der Waals surface area contributed by atoms with Gasteiger partial charge in [-0.1, -0.05) is 22.0 Å². The van der Waals surface area contributed by atoms with E-state index >= 15 is 0 Å². The topological polar surface area (TPSA) is 6.48 Å². The van der Waals surface area contributed by atoms with Gasteiger partial charge < -0.3 is 0 Å². The molecule has 0 spiro atoms. The van der Waals surface area contributed by atoms with Crippen LogP contribution in [-0.2, 0) is 6.54 Å². The first-order valence-electron chi connectivity index (χ1n) is 5.41. The van der Waals surface area contributed by atoms with Gasteiger partial charge in [0.25, 0.3) is 0 Å². The van der Waals surface area contributed by atoms with Crippen molar-refractivity contribution in [3.8, 4) is 0 Å². The second kappa shape index (κ2) is 5.99. The monoisotopic (exact) mass is 288 g/mol. The van der Waals surface area contributed by atoms with E-state index in [4.69, 9.17) is 0 Å². The molecular formula is C11H17BrN2S. The highest BCUT2D eigenvalue weighted by atomic mass is 79.9. The minimum atomic E-state index is 1.10. The molecule has 0 bridgehead atoms. The van der Waals surface area contributed by atoms with Gasteiger partial charge in [-0.25, -0.2) is 0 Å². The zero-order chi connectivity index (χ0) is 10.5. The summed E-state index contributed by atoms with van der Waals surface area (Å²) in [7, 11) is 0. The summed E-state index contributed by atoms with van der Waals surface area (Å²) >= 11 is 5.36. The van der Waals surface area contributed by atoms with Crippen molar-refractivity contribution in [3.05, 3.63) is 22.4 Å². The summed E-state index contributed by atoms with van der Waals surface area (Å²) < 4.78 is 0. The lowest BCUT2D eigenvalue weighted by molar-refractivity contribution is 0.134. The quantitative estimate of drug-likeness (QED) is 0.785. The first-order valence-corrected chi connectivity index (χ1v) is 7.41. The second-order valence-electron chi connectivity index (χ2n) is 3.89. The van der Waals surface area contributed by atoms with Crippen LogP contribution in [0.5, 0.6) is 0 Å². The maximum Gasteiger partial charge on any atom is 0.0328 e. The minimum absolute atomic E-state index is 1.10. The molecule has 0 amide bonds. The minimum Gasteiger partial charge on any atom is -0.300 e. The maximum atomic E-state index is 3.49. The zero-order valence-electron chi connectivity index (χ0n) is 8.86. The average Bonchev–Trinajstić information content (AvgIpc) is 2.74. The molecule has 0 N–H and O–H groups in total. The maximum absolute atomic E-state index is 3.49. The summed E-state index contributed by atoms with van der Waals surface area (Å²) in [6, 6.07) is 4.37. The van der Waals surface area contributed by atoms with Crippen molar-refractivity contribution < 1.29 is 0 Å². The lowest BCUT2D eigenvalue weighted by Crippen LogP contribution is -2.46. The predicted octanol–water partition coefficient (Wildman–Crippen LogP) is 2.26. The van der Waals surface area contributed by atoms with Crippen molar-refractivity contribution in [1.82, 2.24) is 9.80 Å². The van der Waals surface area contributed by atoms with E-state index < -0.39 is 0 Å². The largest absolute Gasteiger partial charge is 0.300 e. The Morgan fingerprint density at radius 2 is 1.93 bits per heavy atom. The fourth-order valence-electron chi connectivity index (χ4n) is 1.91. The van der Waals surface area contributed by atoms with Gasteiger partial charge in [0.1, 0.15) is 0 Å². The van der Waals surface area contributed by atoms with E-state index in [9.17, 15) is 0 Å². The molecule has 0 saturated carbocycles. The van der Waals surface area contributed by atoms with Gasteiger partial charge in [-0.3, -0.25) is 9.80 Å². The standard InChI is InChI=1S/C11H17BrN2S/c12-3-4-13-5-7-14(8-6-13)10-11-2-1-9-15-11/h1-2,9H,3-8,10H2. The molecule has 1 fully saturated rings. The van der Waals surface area contributed by atoms with Gasteiger partial charge in [-0.15, -0.1) is 11.3 Å². The van der Waals surface area contributed by atoms with E-state index in [-0.39, 0.29) is 0 Å². The van der Waals surface area contributed by atoms with Gasteiger partial charge in [-0.2, -0.15) is 0 Å². The fraction of sp³-hybridized carbons (Fsp3) is 0.636. The third kappa shape index (κ3) is 3.55. The molecule has 1 aromatic heterocycles. The number of rotatable bonds is 4.